The lowest BCUT2D eigenvalue weighted by Gasteiger charge is -2.27. The summed E-state index contributed by atoms with van der Waals surface area (Å²) in [6.07, 6.45) is 9.36. The highest BCUT2D eigenvalue weighted by Gasteiger charge is 2.36. The number of hydrogen-bond donors (Lipinski definition) is 1. The zero-order chi connectivity index (χ0) is 21.4. The number of amides is 2. The van der Waals surface area contributed by atoms with Crippen LogP contribution in [0.25, 0.3) is 0 Å². The van der Waals surface area contributed by atoms with E-state index >= 15 is 0 Å². The van der Waals surface area contributed by atoms with Gasteiger partial charge in [-0.3, -0.25) is 19.3 Å². The predicted molar refractivity (Wildman–Crippen MR) is 106 cm³/mol. The number of esters is 1. The Labute approximate surface area is 166 Å². The molecule has 0 aliphatic carbocycles. The van der Waals surface area contributed by atoms with E-state index in [0.29, 0.717) is 25.7 Å². The summed E-state index contributed by atoms with van der Waals surface area (Å²) >= 11 is 0. The molecule has 7 heteroatoms. The van der Waals surface area contributed by atoms with Crippen LogP contribution in [-0.2, 0) is 23.9 Å². The van der Waals surface area contributed by atoms with E-state index in [9.17, 15) is 24.3 Å². The van der Waals surface area contributed by atoms with Crippen LogP contribution in [0, 0.1) is 0 Å². The van der Waals surface area contributed by atoms with E-state index < -0.39 is 36.2 Å². The molecular formula is C21H31NO6. The maximum Gasteiger partial charge on any atom is 0.327 e. The first kappa shape index (κ1) is 25.3. The van der Waals surface area contributed by atoms with Gasteiger partial charge in [-0.25, -0.2) is 4.79 Å². The minimum Gasteiger partial charge on any atom is -0.480 e. The normalized spacial score (nSPS) is 11.6. The monoisotopic (exact) mass is 393 g/mol. The number of ether oxygens (including phenoxy) is 1. The van der Waals surface area contributed by atoms with Gasteiger partial charge in [0.2, 0.25) is 11.8 Å². The molecule has 0 saturated carbocycles. The molecule has 0 radical (unpaired) electrons. The molecule has 0 aliphatic heterocycles. The second-order valence-corrected chi connectivity index (χ2v) is 6.24. The molecule has 0 aromatic carbocycles. The average Bonchev–Trinajstić information content (AvgIpc) is 2.66. The molecule has 1 atom stereocenters. The first-order valence-corrected chi connectivity index (χ1v) is 9.49. The standard InChI is InChI=1S/C21H31NO6/c1-4-7-9-11-13-18(23)22(19(24)14-12-10-8-5-2)17(21(26)27)16-20(25)28-15-6-3/h4-6,15,17H,1-2,7-14,16H2,3H3,(H,26,27)/b15-6+. The molecular weight excluding hydrogens is 362 g/mol. The predicted octanol–water partition coefficient (Wildman–Crippen LogP) is 3.75. The number of rotatable bonds is 15. The van der Waals surface area contributed by atoms with Gasteiger partial charge in [-0.15, -0.1) is 13.2 Å². The number of aliphatic carboxylic acids is 1. The fourth-order valence-electron chi connectivity index (χ4n) is 2.50. The van der Waals surface area contributed by atoms with Crippen LogP contribution in [0.2, 0.25) is 0 Å². The molecule has 0 heterocycles. The van der Waals surface area contributed by atoms with E-state index in [0.717, 1.165) is 24.0 Å². The highest BCUT2D eigenvalue weighted by atomic mass is 16.5. The van der Waals surface area contributed by atoms with Crippen molar-refractivity contribution in [2.45, 2.75) is 70.8 Å². The van der Waals surface area contributed by atoms with Crippen molar-refractivity contribution in [2.24, 2.45) is 0 Å². The van der Waals surface area contributed by atoms with Gasteiger partial charge in [0.25, 0.3) is 0 Å². The number of unbranched alkanes of at least 4 members (excludes halogenated alkanes) is 4. The van der Waals surface area contributed by atoms with Gasteiger partial charge >= 0.3 is 11.9 Å². The van der Waals surface area contributed by atoms with Gasteiger partial charge in [-0.1, -0.05) is 18.2 Å². The third-order valence-electron chi connectivity index (χ3n) is 3.93. The van der Waals surface area contributed by atoms with Crippen molar-refractivity contribution < 1.29 is 29.0 Å². The molecule has 0 fully saturated rings. The van der Waals surface area contributed by atoms with E-state index in [1.165, 1.54) is 6.08 Å². The number of hydrogen-bond acceptors (Lipinski definition) is 5. The number of carboxylic acid groups (broad SMARTS) is 1. The highest BCUT2D eigenvalue weighted by molar-refractivity contribution is 6.00. The third-order valence-corrected chi connectivity index (χ3v) is 3.93. The Morgan fingerprint density at radius 3 is 1.86 bits per heavy atom. The van der Waals surface area contributed by atoms with Crippen molar-refractivity contribution >= 4 is 23.8 Å². The number of imide groups is 1. The summed E-state index contributed by atoms with van der Waals surface area (Å²) in [7, 11) is 0. The van der Waals surface area contributed by atoms with Crippen LogP contribution < -0.4 is 0 Å². The van der Waals surface area contributed by atoms with Crippen LogP contribution in [0.15, 0.2) is 37.6 Å². The fourth-order valence-corrected chi connectivity index (χ4v) is 2.50. The number of nitrogens with zero attached hydrogens (tertiary/aromatic N) is 1. The Morgan fingerprint density at radius 2 is 1.46 bits per heavy atom. The van der Waals surface area contributed by atoms with Crippen LogP contribution >= 0.6 is 0 Å². The Hall–Kier alpha value is -2.70. The number of carboxylic acids is 1. The molecule has 0 aromatic heterocycles. The molecule has 0 rings (SSSR count). The van der Waals surface area contributed by atoms with Gasteiger partial charge in [0.15, 0.2) is 0 Å². The van der Waals surface area contributed by atoms with Gasteiger partial charge in [0, 0.05) is 12.8 Å². The van der Waals surface area contributed by atoms with Crippen molar-refractivity contribution in [1.82, 2.24) is 4.90 Å². The van der Waals surface area contributed by atoms with Crippen molar-refractivity contribution in [3.8, 4) is 0 Å². The summed E-state index contributed by atoms with van der Waals surface area (Å²) in [5, 5.41) is 9.54. The lowest BCUT2D eigenvalue weighted by atomic mass is 10.1. The van der Waals surface area contributed by atoms with Gasteiger partial charge in [0.05, 0.1) is 12.7 Å². The second kappa shape index (κ2) is 15.4. The third kappa shape index (κ3) is 10.4. The van der Waals surface area contributed by atoms with E-state index in [1.807, 2.05) is 0 Å². The summed E-state index contributed by atoms with van der Waals surface area (Å²) in [5.74, 6) is -3.43. The lowest BCUT2D eigenvalue weighted by Crippen LogP contribution is -2.49. The first-order valence-electron chi connectivity index (χ1n) is 9.49. The van der Waals surface area contributed by atoms with Gasteiger partial charge in [-0.05, 0) is 45.4 Å². The molecule has 1 unspecified atom stereocenters. The second-order valence-electron chi connectivity index (χ2n) is 6.24. The highest BCUT2D eigenvalue weighted by Crippen LogP contribution is 2.15. The summed E-state index contributed by atoms with van der Waals surface area (Å²) < 4.78 is 4.75. The first-order chi connectivity index (χ1) is 13.4. The van der Waals surface area contributed by atoms with Crippen LogP contribution in [0.3, 0.4) is 0 Å². The van der Waals surface area contributed by atoms with E-state index in [1.54, 1.807) is 19.1 Å². The van der Waals surface area contributed by atoms with Crippen molar-refractivity contribution in [1.29, 1.82) is 0 Å². The zero-order valence-electron chi connectivity index (χ0n) is 16.6. The molecule has 0 spiro atoms. The molecule has 7 nitrogen and oxygen atoms in total. The summed E-state index contributed by atoms with van der Waals surface area (Å²) in [5.41, 5.74) is 0. The van der Waals surface area contributed by atoms with E-state index in [4.69, 9.17) is 4.74 Å². The Bertz CT molecular complexity index is 553. The van der Waals surface area contributed by atoms with Crippen molar-refractivity contribution in [3.63, 3.8) is 0 Å². The number of carbonyl (C=O) groups excluding carboxylic acids is 3. The smallest absolute Gasteiger partial charge is 0.327 e. The SMILES string of the molecule is C=CCCCCC(=O)N(C(=O)CCCCC=C)C(CC(=O)O/C=C/C)C(=O)O. The minimum absolute atomic E-state index is 0.0277. The Morgan fingerprint density at radius 1 is 0.964 bits per heavy atom. The molecule has 0 aromatic rings. The summed E-state index contributed by atoms with van der Waals surface area (Å²) in [6.45, 7) is 8.85. The minimum atomic E-state index is -1.59. The molecule has 2 amide bonds. The van der Waals surface area contributed by atoms with Crippen LogP contribution in [-0.4, -0.2) is 39.8 Å². The number of carbonyl (C=O) groups is 4. The topological polar surface area (TPSA) is 101 Å². The molecule has 0 bridgehead atoms. The zero-order valence-corrected chi connectivity index (χ0v) is 16.6. The maximum absolute atomic E-state index is 12.6. The summed E-state index contributed by atoms with van der Waals surface area (Å²) in [6, 6.07) is -1.59. The fraction of sp³-hybridized carbons (Fsp3) is 0.524. The molecule has 156 valence electrons. The van der Waals surface area contributed by atoms with Gasteiger partial charge in [-0.2, -0.15) is 0 Å². The van der Waals surface area contributed by atoms with E-state index in [-0.39, 0.29) is 12.8 Å². The molecule has 0 saturated heterocycles. The van der Waals surface area contributed by atoms with Crippen LogP contribution in [0.1, 0.15) is 64.7 Å². The van der Waals surface area contributed by atoms with Gasteiger partial charge in [0.1, 0.15) is 6.04 Å². The van der Waals surface area contributed by atoms with Crippen molar-refractivity contribution in [3.05, 3.63) is 37.6 Å². The van der Waals surface area contributed by atoms with E-state index in [2.05, 4.69) is 13.2 Å². The largest absolute Gasteiger partial charge is 0.480 e. The lowest BCUT2D eigenvalue weighted by molar-refractivity contribution is -0.160. The molecule has 1 N–H and O–H groups in total. The number of allylic oxidation sites excluding steroid dienone is 3. The Balaban J connectivity index is 5.30. The Kier molecular flexibility index (Phi) is 13.9. The van der Waals surface area contributed by atoms with Crippen LogP contribution in [0.5, 0.6) is 0 Å². The van der Waals surface area contributed by atoms with Gasteiger partial charge < -0.3 is 9.84 Å². The molecule has 28 heavy (non-hydrogen) atoms. The average molecular weight is 393 g/mol. The maximum atomic E-state index is 12.6. The summed E-state index contributed by atoms with van der Waals surface area (Å²) in [4.78, 5) is 49.5. The van der Waals surface area contributed by atoms with Crippen LogP contribution in [0.4, 0.5) is 0 Å². The quantitative estimate of drug-likeness (QED) is 0.197. The van der Waals surface area contributed by atoms with Crippen molar-refractivity contribution in [2.75, 3.05) is 0 Å². The molecule has 0 aliphatic rings.